The number of hydrogen-bond donors (Lipinski definition) is 0. The summed E-state index contributed by atoms with van der Waals surface area (Å²) in [5, 5.41) is 1.06. The van der Waals surface area contributed by atoms with E-state index in [1.165, 1.54) is 10.3 Å². The van der Waals surface area contributed by atoms with Gasteiger partial charge in [-0.15, -0.1) is 11.3 Å². The van der Waals surface area contributed by atoms with E-state index in [1.807, 2.05) is 54.3 Å². The van der Waals surface area contributed by atoms with Crippen LogP contribution in [-0.2, 0) is 0 Å². The topological polar surface area (TPSA) is 33.2 Å². The summed E-state index contributed by atoms with van der Waals surface area (Å²) in [7, 11) is 0. The lowest BCUT2D eigenvalue weighted by Gasteiger charge is -2.23. The van der Waals surface area contributed by atoms with E-state index >= 15 is 0 Å². The minimum absolute atomic E-state index is 0.112. The fourth-order valence-electron chi connectivity index (χ4n) is 3.16. The third-order valence-corrected chi connectivity index (χ3v) is 5.55. The summed E-state index contributed by atoms with van der Waals surface area (Å²) >= 11 is 1.71. The van der Waals surface area contributed by atoms with Crippen molar-refractivity contribution >= 4 is 27.5 Å². The Morgan fingerprint density at radius 1 is 1.17 bits per heavy atom. The van der Waals surface area contributed by atoms with Crippen molar-refractivity contribution in [3.8, 4) is 0 Å². The Hall–Kier alpha value is -2.20. The summed E-state index contributed by atoms with van der Waals surface area (Å²) in [6, 6.07) is 16.1. The van der Waals surface area contributed by atoms with E-state index in [0.717, 1.165) is 35.5 Å². The number of amides is 1. The largest absolute Gasteiger partial charge is 0.329 e. The first-order valence-corrected chi connectivity index (χ1v) is 8.77. The molecule has 0 saturated carbocycles. The van der Waals surface area contributed by atoms with Gasteiger partial charge in [-0.25, -0.2) is 4.98 Å². The van der Waals surface area contributed by atoms with E-state index in [0.29, 0.717) is 0 Å². The van der Waals surface area contributed by atoms with Crippen LogP contribution >= 0.6 is 11.3 Å². The van der Waals surface area contributed by atoms with Crippen LogP contribution in [0.3, 0.4) is 0 Å². The lowest BCUT2D eigenvalue weighted by Crippen LogP contribution is -2.30. The van der Waals surface area contributed by atoms with E-state index in [9.17, 15) is 4.79 Å². The van der Waals surface area contributed by atoms with Gasteiger partial charge in [-0.05, 0) is 44.0 Å². The third-order valence-electron chi connectivity index (χ3n) is 4.41. The Morgan fingerprint density at radius 2 is 1.96 bits per heavy atom. The summed E-state index contributed by atoms with van der Waals surface area (Å²) in [5.41, 5.74) is 2.97. The van der Waals surface area contributed by atoms with Crippen LogP contribution in [0.2, 0.25) is 0 Å². The highest BCUT2D eigenvalue weighted by atomic mass is 32.1. The molecule has 23 heavy (non-hydrogen) atoms. The van der Waals surface area contributed by atoms with Gasteiger partial charge in [0.15, 0.2) is 0 Å². The van der Waals surface area contributed by atoms with Crippen molar-refractivity contribution in [3.63, 3.8) is 0 Å². The van der Waals surface area contributed by atoms with Crippen LogP contribution in [0.15, 0.2) is 48.5 Å². The van der Waals surface area contributed by atoms with Crippen LogP contribution in [0.5, 0.6) is 0 Å². The average Bonchev–Trinajstić information content (AvgIpc) is 3.21. The van der Waals surface area contributed by atoms with Gasteiger partial charge in [-0.1, -0.05) is 29.8 Å². The summed E-state index contributed by atoms with van der Waals surface area (Å²) < 4.78 is 1.19. The molecule has 1 atom stereocenters. The van der Waals surface area contributed by atoms with Crippen molar-refractivity contribution in [3.05, 3.63) is 64.7 Å². The zero-order valence-corrected chi connectivity index (χ0v) is 13.8. The second-order valence-electron chi connectivity index (χ2n) is 6.04. The van der Waals surface area contributed by atoms with E-state index in [4.69, 9.17) is 4.98 Å². The summed E-state index contributed by atoms with van der Waals surface area (Å²) in [5.74, 6) is 0.117. The predicted octanol–water partition coefficient (Wildman–Crippen LogP) is 4.58. The Balaban J connectivity index is 1.65. The highest BCUT2D eigenvalue weighted by Gasteiger charge is 2.32. The first kappa shape index (κ1) is 14.4. The van der Waals surface area contributed by atoms with E-state index < -0.39 is 0 Å². The van der Waals surface area contributed by atoms with Crippen LogP contribution in [0.1, 0.15) is 39.8 Å². The lowest BCUT2D eigenvalue weighted by atomic mass is 10.1. The molecule has 0 N–H and O–H groups in total. The molecule has 1 aliphatic heterocycles. The van der Waals surface area contributed by atoms with Crippen LogP contribution in [0, 0.1) is 6.92 Å². The highest BCUT2D eigenvalue weighted by molar-refractivity contribution is 7.18. The van der Waals surface area contributed by atoms with Gasteiger partial charge >= 0.3 is 0 Å². The predicted molar refractivity (Wildman–Crippen MR) is 93.8 cm³/mol. The van der Waals surface area contributed by atoms with Gasteiger partial charge in [0.1, 0.15) is 5.01 Å². The zero-order chi connectivity index (χ0) is 15.8. The maximum Gasteiger partial charge on any atom is 0.254 e. The molecule has 1 amide bonds. The number of hydrogen-bond acceptors (Lipinski definition) is 3. The number of carbonyl (C=O) groups is 1. The number of para-hydroxylation sites is 1. The molecule has 1 aliphatic rings. The molecule has 1 saturated heterocycles. The second-order valence-corrected chi connectivity index (χ2v) is 7.10. The van der Waals surface area contributed by atoms with Crippen molar-refractivity contribution in [1.29, 1.82) is 0 Å². The number of aromatic nitrogens is 1. The maximum atomic E-state index is 12.9. The van der Waals surface area contributed by atoms with Crippen LogP contribution in [-0.4, -0.2) is 22.3 Å². The molecule has 116 valence electrons. The number of fused-ring (bicyclic) bond motifs is 1. The number of nitrogens with zero attached hydrogens (tertiary/aromatic N) is 2. The van der Waals surface area contributed by atoms with Crippen molar-refractivity contribution in [2.75, 3.05) is 6.54 Å². The van der Waals surface area contributed by atoms with Gasteiger partial charge < -0.3 is 4.90 Å². The van der Waals surface area contributed by atoms with E-state index in [-0.39, 0.29) is 11.9 Å². The fourth-order valence-corrected chi connectivity index (χ4v) is 4.28. The number of thiazole rings is 1. The monoisotopic (exact) mass is 322 g/mol. The van der Waals surface area contributed by atoms with Crippen LogP contribution in [0.25, 0.3) is 10.2 Å². The fraction of sp³-hybridized carbons (Fsp3) is 0.263. The molecule has 0 bridgehead atoms. The van der Waals surface area contributed by atoms with E-state index in [2.05, 4.69) is 6.07 Å². The van der Waals surface area contributed by atoms with Gasteiger partial charge in [0.05, 0.1) is 16.3 Å². The van der Waals surface area contributed by atoms with Gasteiger partial charge in [0.2, 0.25) is 0 Å². The molecule has 4 rings (SSSR count). The molecule has 1 fully saturated rings. The molecule has 0 spiro atoms. The Bertz CT molecular complexity index is 820. The molecule has 4 heteroatoms. The van der Waals surface area contributed by atoms with Gasteiger partial charge in [-0.2, -0.15) is 0 Å². The highest BCUT2D eigenvalue weighted by Crippen LogP contribution is 2.37. The molecule has 0 aliphatic carbocycles. The standard InChI is InChI=1S/C19H18N2OS/c1-13-8-10-14(11-9-13)19(22)21-12-4-6-16(21)18-20-15-5-2-3-7-17(15)23-18/h2-3,5,7-11,16H,4,6,12H2,1H3/t16-/m1/s1. The Kier molecular flexibility index (Phi) is 3.62. The molecule has 0 radical (unpaired) electrons. The van der Waals surface area contributed by atoms with Crippen LogP contribution in [0.4, 0.5) is 0 Å². The molecule has 2 aromatic carbocycles. The first-order valence-electron chi connectivity index (χ1n) is 7.95. The van der Waals surface area contributed by atoms with Crippen molar-refractivity contribution < 1.29 is 4.79 Å². The first-order chi connectivity index (χ1) is 11.2. The minimum Gasteiger partial charge on any atom is -0.329 e. The molecular weight excluding hydrogens is 304 g/mol. The average molecular weight is 322 g/mol. The van der Waals surface area contributed by atoms with Crippen LogP contribution < -0.4 is 0 Å². The molecule has 2 heterocycles. The SMILES string of the molecule is Cc1ccc(C(=O)N2CCC[C@@H]2c2nc3ccccc3s2)cc1. The van der Waals surface area contributed by atoms with Crippen molar-refractivity contribution in [2.24, 2.45) is 0 Å². The maximum absolute atomic E-state index is 12.9. The smallest absolute Gasteiger partial charge is 0.254 e. The number of rotatable bonds is 2. The number of carbonyl (C=O) groups excluding carboxylic acids is 1. The molecular formula is C19H18N2OS. The Labute approximate surface area is 139 Å². The minimum atomic E-state index is 0.112. The summed E-state index contributed by atoms with van der Waals surface area (Å²) in [6.45, 7) is 2.85. The van der Waals surface area contributed by atoms with Gasteiger partial charge in [0.25, 0.3) is 5.91 Å². The van der Waals surface area contributed by atoms with Gasteiger partial charge in [0, 0.05) is 12.1 Å². The molecule has 3 aromatic rings. The van der Waals surface area contributed by atoms with E-state index in [1.54, 1.807) is 11.3 Å². The number of aryl methyl sites for hydroxylation is 1. The number of likely N-dealkylation sites (tertiary alicyclic amines) is 1. The van der Waals surface area contributed by atoms with Gasteiger partial charge in [-0.3, -0.25) is 4.79 Å². The number of benzene rings is 2. The molecule has 1 aromatic heterocycles. The zero-order valence-electron chi connectivity index (χ0n) is 13.0. The molecule has 3 nitrogen and oxygen atoms in total. The van der Waals surface area contributed by atoms with Crippen molar-refractivity contribution in [2.45, 2.75) is 25.8 Å². The third kappa shape index (κ3) is 2.63. The Morgan fingerprint density at radius 3 is 2.74 bits per heavy atom. The summed E-state index contributed by atoms with van der Waals surface area (Å²) in [6.07, 6.45) is 2.04. The molecule has 0 unspecified atom stereocenters. The second kappa shape index (κ2) is 5.78. The van der Waals surface area contributed by atoms with Crippen molar-refractivity contribution in [1.82, 2.24) is 9.88 Å². The lowest BCUT2D eigenvalue weighted by molar-refractivity contribution is 0.0735. The quantitative estimate of drug-likeness (QED) is 0.692. The normalized spacial score (nSPS) is 17.8. The summed E-state index contributed by atoms with van der Waals surface area (Å²) in [4.78, 5) is 19.6.